The number of hydrogen-bond acceptors (Lipinski definition) is 5. The Morgan fingerprint density at radius 1 is 1.40 bits per heavy atom. The highest BCUT2D eigenvalue weighted by molar-refractivity contribution is 5.40. The van der Waals surface area contributed by atoms with Gasteiger partial charge in [-0.05, 0) is 19.9 Å². The molecule has 0 spiro atoms. The molecule has 86 valence electrons. The van der Waals surface area contributed by atoms with Gasteiger partial charge in [0.05, 0.1) is 32.4 Å². The largest absolute Gasteiger partial charge is 0.375 e. The zero-order valence-electron chi connectivity index (χ0n) is 9.24. The van der Waals surface area contributed by atoms with Crippen LogP contribution in [-0.2, 0) is 9.47 Å². The summed E-state index contributed by atoms with van der Waals surface area (Å²) >= 11 is 0. The van der Waals surface area contributed by atoms with Crippen molar-refractivity contribution in [2.24, 2.45) is 9.98 Å². The van der Waals surface area contributed by atoms with Gasteiger partial charge in [0.15, 0.2) is 0 Å². The molecule has 0 aromatic carbocycles. The van der Waals surface area contributed by atoms with Gasteiger partial charge in [-0.2, -0.15) is 0 Å². The Balaban J connectivity index is 1.94. The van der Waals surface area contributed by atoms with Crippen LogP contribution in [0.5, 0.6) is 0 Å². The summed E-state index contributed by atoms with van der Waals surface area (Å²) in [7, 11) is 0. The van der Waals surface area contributed by atoms with Crippen molar-refractivity contribution >= 4 is 6.01 Å². The first-order valence-corrected chi connectivity index (χ1v) is 5.44. The van der Waals surface area contributed by atoms with Crippen LogP contribution in [-0.4, -0.2) is 51.7 Å². The molecule has 1 saturated heterocycles. The summed E-state index contributed by atoms with van der Waals surface area (Å²) in [5.41, 5.74) is 0. The lowest BCUT2D eigenvalue weighted by Gasteiger charge is -2.23. The molecule has 1 aliphatic heterocycles. The standard InChI is InChI=1S/C10H19N3O2/c1-2-11-9-12-4-3-5-13-10-8-14-6-7-15-10/h10,13H,2-8H2,1H3. The van der Waals surface area contributed by atoms with Gasteiger partial charge in [-0.1, -0.05) is 0 Å². The van der Waals surface area contributed by atoms with E-state index in [1.807, 2.05) is 6.92 Å². The minimum Gasteiger partial charge on any atom is -0.375 e. The van der Waals surface area contributed by atoms with Gasteiger partial charge in [-0.3, -0.25) is 5.32 Å². The summed E-state index contributed by atoms with van der Waals surface area (Å²) in [5.74, 6) is 0. The second-order valence-electron chi connectivity index (χ2n) is 3.20. The number of aliphatic imine (C=N–C) groups is 2. The van der Waals surface area contributed by atoms with E-state index in [1.54, 1.807) is 0 Å². The monoisotopic (exact) mass is 213 g/mol. The lowest BCUT2D eigenvalue weighted by Crippen LogP contribution is -2.41. The van der Waals surface area contributed by atoms with Crippen molar-refractivity contribution < 1.29 is 9.47 Å². The zero-order valence-corrected chi connectivity index (χ0v) is 9.24. The molecule has 15 heavy (non-hydrogen) atoms. The summed E-state index contributed by atoms with van der Waals surface area (Å²) in [4.78, 5) is 7.89. The fraction of sp³-hybridized carbons (Fsp3) is 0.900. The predicted octanol–water partition coefficient (Wildman–Crippen LogP) is 0.533. The van der Waals surface area contributed by atoms with E-state index in [0.29, 0.717) is 19.8 Å². The molecule has 5 nitrogen and oxygen atoms in total. The molecule has 1 N–H and O–H groups in total. The maximum Gasteiger partial charge on any atom is 0.131 e. The van der Waals surface area contributed by atoms with Crippen LogP contribution in [0.2, 0.25) is 0 Å². The highest BCUT2D eigenvalue weighted by Crippen LogP contribution is 1.96. The smallest absolute Gasteiger partial charge is 0.131 e. The fourth-order valence-corrected chi connectivity index (χ4v) is 1.20. The Labute approximate surface area is 90.6 Å². The number of hydrogen-bond donors (Lipinski definition) is 1. The summed E-state index contributed by atoms with van der Waals surface area (Å²) in [6, 6.07) is 2.64. The number of nitrogens with zero attached hydrogens (tertiary/aromatic N) is 2. The van der Waals surface area contributed by atoms with Gasteiger partial charge in [0.1, 0.15) is 6.23 Å². The minimum absolute atomic E-state index is 0.0482. The maximum absolute atomic E-state index is 5.42. The van der Waals surface area contributed by atoms with E-state index in [-0.39, 0.29) is 6.23 Å². The van der Waals surface area contributed by atoms with E-state index in [0.717, 1.165) is 26.1 Å². The van der Waals surface area contributed by atoms with Crippen molar-refractivity contribution in [2.45, 2.75) is 19.6 Å². The Bertz CT molecular complexity index is 209. The van der Waals surface area contributed by atoms with E-state index < -0.39 is 0 Å². The van der Waals surface area contributed by atoms with Crippen LogP contribution in [0.25, 0.3) is 0 Å². The van der Waals surface area contributed by atoms with Gasteiger partial charge in [-0.15, -0.1) is 0 Å². The number of nitrogens with one attached hydrogen (secondary N) is 1. The van der Waals surface area contributed by atoms with Crippen molar-refractivity contribution in [3.05, 3.63) is 0 Å². The minimum atomic E-state index is 0.0482. The van der Waals surface area contributed by atoms with E-state index in [2.05, 4.69) is 21.3 Å². The summed E-state index contributed by atoms with van der Waals surface area (Å²) < 4.78 is 10.7. The van der Waals surface area contributed by atoms with Crippen molar-refractivity contribution in [3.63, 3.8) is 0 Å². The molecule has 0 aliphatic carbocycles. The van der Waals surface area contributed by atoms with Gasteiger partial charge < -0.3 is 9.47 Å². The molecule has 1 rings (SSSR count). The lowest BCUT2D eigenvalue weighted by atomic mass is 10.4. The van der Waals surface area contributed by atoms with Crippen LogP contribution in [0, 0.1) is 0 Å². The molecule has 0 aromatic heterocycles. The van der Waals surface area contributed by atoms with Crippen LogP contribution in [0.3, 0.4) is 0 Å². The first-order chi connectivity index (χ1) is 7.43. The van der Waals surface area contributed by atoms with Crippen LogP contribution in [0.4, 0.5) is 0 Å². The average Bonchev–Trinajstić information content (AvgIpc) is 2.29. The second kappa shape index (κ2) is 8.56. The van der Waals surface area contributed by atoms with Crippen molar-refractivity contribution in [2.75, 3.05) is 39.5 Å². The summed E-state index contributed by atoms with van der Waals surface area (Å²) in [5, 5.41) is 3.25. The Kier molecular flexibility index (Phi) is 7.04. The fourth-order valence-electron chi connectivity index (χ4n) is 1.20. The van der Waals surface area contributed by atoms with E-state index in [9.17, 15) is 0 Å². The average molecular weight is 213 g/mol. The lowest BCUT2D eigenvalue weighted by molar-refractivity contribution is -0.101. The molecular weight excluding hydrogens is 194 g/mol. The molecule has 1 fully saturated rings. The second-order valence-corrected chi connectivity index (χ2v) is 3.20. The van der Waals surface area contributed by atoms with Crippen LogP contribution in [0.1, 0.15) is 13.3 Å². The molecular formula is C10H19N3O2. The molecule has 0 amide bonds. The quantitative estimate of drug-likeness (QED) is 0.517. The van der Waals surface area contributed by atoms with Crippen LogP contribution in [0.15, 0.2) is 9.98 Å². The molecule has 0 radical (unpaired) electrons. The van der Waals surface area contributed by atoms with Gasteiger partial charge >= 0.3 is 0 Å². The third-order valence-electron chi connectivity index (χ3n) is 1.93. The molecule has 1 heterocycles. The number of rotatable bonds is 6. The summed E-state index contributed by atoms with van der Waals surface area (Å²) in [6.07, 6.45) is 1.01. The first kappa shape index (κ1) is 12.3. The zero-order chi connectivity index (χ0) is 10.8. The third-order valence-corrected chi connectivity index (χ3v) is 1.93. The molecule has 0 saturated carbocycles. The Hall–Kier alpha value is -0.740. The molecule has 1 aliphatic rings. The third kappa shape index (κ3) is 6.36. The maximum atomic E-state index is 5.42. The van der Waals surface area contributed by atoms with Gasteiger partial charge in [0.2, 0.25) is 0 Å². The van der Waals surface area contributed by atoms with Crippen molar-refractivity contribution in [3.8, 4) is 0 Å². The van der Waals surface area contributed by atoms with Gasteiger partial charge in [0.25, 0.3) is 0 Å². The van der Waals surface area contributed by atoms with Gasteiger partial charge in [0, 0.05) is 6.54 Å². The van der Waals surface area contributed by atoms with E-state index >= 15 is 0 Å². The topological polar surface area (TPSA) is 55.2 Å². The molecule has 0 aromatic rings. The highest BCUT2D eigenvalue weighted by Gasteiger charge is 2.11. The normalized spacial score (nSPS) is 20.7. The van der Waals surface area contributed by atoms with Gasteiger partial charge in [-0.25, -0.2) is 9.98 Å². The molecule has 5 heteroatoms. The summed E-state index contributed by atoms with van der Waals surface area (Å²) in [6.45, 7) is 6.37. The van der Waals surface area contributed by atoms with Crippen LogP contribution < -0.4 is 5.32 Å². The predicted molar refractivity (Wildman–Crippen MR) is 58.4 cm³/mol. The highest BCUT2D eigenvalue weighted by atomic mass is 16.6. The Morgan fingerprint density at radius 2 is 2.33 bits per heavy atom. The first-order valence-electron chi connectivity index (χ1n) is 5.44. The van der Waals surface area contributed by atoms with E-state index in [1.165, 1.54) is 0 Å². The van der Waals surface area contributed by atoms with Crippen molar-refractivity contribution in [1.82, 2.24) is 5.32 Å². The van der Waals surface area contributed by atoms with E-state index in [4.69, 9.17) is 9.47 Å². The van der Waals surface area contributed by atoms with Crippen LogP contribution >= 0.6 is 0 Å². The Morgan fingerprint density at radius 3 is 3.07 bits per heavy atom. The molecule has 0 bridgehead atoms. The molecule has 1 unspecified atom stereocenters. The SMILES string of the molecule is CCN=C=NCCCNC1COCCO1. The molecule has 1 atom stereocenters. The number of ether oxygens (including phenoxy) is 2. The van der Waals surface area contributed by atoms with Crippen molar-refractivity contribution in [1.29, 1.82) is 0 Å².